The van der Waals surface area contributed by atoms with E-state index >= 15 is 0 Å². The van der Waals surface area contributed by atoms with Gasteiger partial charge in [-0.15, -0.1) is 0 Å². The van der Waals surface area contributed by atoms with E-state index in [4.69, 9.17) is 5.73 Å². The summed E-state index contributed by atoms with van der Waals surface area (Å²) in [7, 11) is 0. The molecule has 1 heterocycles. The Morgan fingerprint density at radius 1 is 1.64 bits per heavy atom. The van der Waals surface area contributed by atoms with E-state index in [0.29, 0.717) is 5.69 Å². The third-order valence-electron chi connectivity index (χ3n) is 1.63. The van der Waals surface area contributed by atoms with Gasteiger partial charge in [-0.05, 0) is 19.1 Å². The van der Waals surface area contributed by atoms with Gasteiger partial charge in [0.15, 0.2) is 0 Å². The minimum absolute atomic E-state index is 0.354. The number of rotatable bonds is 2. The number of alkyl halides is 2. The number of aromatic nitrogens is 1. The molecule has 0 radical (unpaired) electrons. The molecule has 0 spiro atoms. The normalized spacial score (nSPS) is 16.8. The second kappa shape index (κ2) is 2.62. The van der Waals surface area contributed by atoms with Gasteiger partial charge in [0.2, 0.25) is 0 Å². The Balaban J connectivity index is 2.90. The van der Waals surface area contributed by atoms with Crippen LogP contribution in [0.2, 0.25) is 0 Å². The number of hydrogen-bond acceptors (Lipinski definition) is 1. The lowest BCUT2D eigenvalue weighted by Crippen LogP contribution is -2.40. The average Bonchev–Trinajstić information content (AvgIpc) is 2.37. The van der Waals surface area contributed by atoms with Gasteiger partial charge in [0.25, 0.3) is 6.43 Å². The molecule has 0 aliphatic rings. The average molecular weight is 160 g/mol. The van der Waals surface area contributed by atoms with Crippen LogP contribution in [0.15, 0.2) is 18.3 Å². The van der Waals surface area contributed by atoms with Crippen molar-refractivity contribution in [2.45, 2.75) is 18.9 Å². The lowest BCUT2D eigenvalue weighted by molar-refractivity contribution is 0.0605. The van der Waals surface area contributed by atoms with Gasteiger partial charge in [-0.2, -0.15) is 0 Å². The van der Waals surface area contributed by atoms with E-state index in [2.05, 4.69) is 4.98 Å². The molecule has 1 rings (SSSR count). The SMILES string of the molecule is CC(N)(c1ccc[nH]1)C(F)F. The second-order valence-electron chi connectivity index (χ2n) is 2.67. The van der Waals surface area contributed by atoms with Gasteiger partial charge in [0.1, 0.15) is 5.54 Å². The largest absolute Gasteiger partial charge is 0.363 e. The van der Waals surface area contributed by atoms with Crippen LogP contribution >= 0.6 is 0 Å². The number of halogens is 2. The zero-order valence-electron chi connectivity index (χ0n) is 6.14. The minimum Gasteiger partial charge on any atom is -0.363 e. The van der Waals surface area contributed by atoms with Crippen molar-refractivity contribution in [3.05, 3.63) is 24.0 Å². The first-order valence-corrected chi connectivity index (χ1v) is 3.26. The van der Waals surface area contributed by atoms with E-state index in [1.54, 1.807) is 18.3 Å². The maximum absolute atomic E-state index is 12.2. The zero-order valence-corrected chi connectivity index (χ0v) is 6.14. The summed E-state index contributed by atoms with van der Waals surface area (Å²) >= 11 is 0. The van der Waals surface area contributed by atoms with Crippen molar-refractivity contribution in [2.24, 2.45) is 5.73 Å². The molecular weight excluding hydrogens is 150 g/mol. The summed E-state index contributed by atoms with van der Waals surface area (Å²) in [5, 5.41) is 0. The molecule has 4 heteroatoms. The van der Waals surface area contributed by atoms with Gasteiger partial charge in [-0.1, -0.05) is 0 Å². The summed E-state index contributed by atoms with van der Waals surface area (Å²) in [5.41, 5.74) is 4.13. The van der Waals surface area contributed by atoms with E-state index in [1.165, 1.54) is 6.92 Å². The van der Waals surface area contributed by atoms with E-state index < -0.39 is 12.0 Å². The smallest absolute Gasteiger partial charge is 0.261 e. The molecule has 0 amide bonds. The summed E-state index contributed by atoms with van der Waals surface area (Å²) in [6.07, 6.45) is -0.982. The molecule has 2 nitrogen and oxygen atoms in total. The predicted octanol–water partition coefficient (Wildman–Crippen LogP) is 1.45. The fourth-order valence-corrected chi connectivity index (χ4v) is 0.783. The van der Waals surface area contributed by atoms with Crippen molar-refractivity contribution < 1.29 is 8.78 Å². The molecule has 0 saturated heterocycles. The monoisotopic (exact) mass is 160 g/mol. The number of nitrogens with two attached hydrogens (primary N) is 1. The molecule has 11 heavy (non-hydrogen) atoms. The van der Waals surface area contributed by atoms with E-state index in [0.717, 1.165) is 0 Å². The zero-order chi connectivity index (χ0) is 8.48. The van der Waals surface area contributed by atoms with E-state index in [-0.39, 0.29) is 0 Å². The van der Waals surface area contributed by atoms with Crippen LogP contribution in [0.25, 0.3) is 0 Å². The molecular formula is C7H10F2N2. The fourth-order valence-electron chi connectivity index (χ4n) is 0.783. The van der Waals surface area contributed by atoms with Crippen molar-refractivity contribution in [2.75, 3.05) is 0 Å². The molecule has 0 saturated carbocycles. The Bertz CT molecular complexity index is 216. The van der Waals surface area contributed by atoms with Crippen molar-refractivity contribution in [1.29, 1.82) is 0 Å². The maximum Gasteiger partial charge on any atom is 0.261 e. The highest BCUT2D eigenvalue weighted by atomic mass is 19.3. The number of nitrogens with one attached hydrogen (secondary N) is 1. The van der Waals surface area contributed by atoms with Crippen LogP contribution in [0.3, 0.4) is 0 Å². The highest BCUT2D eigenvalue weighted by molar-refractivity contribution is 5.15. The molecule has 1 aromatic rings. The number of aromatic amines is 1. The van der Waals surface area contributed by atoms with E-state index in [9.17, 15) is 8.78 Å². The van der Waals surface area contributed by atoms with Crippen molar-refractivity contribution in [1.82, 2.24) is 4.98 Å². The molecule has 0 fully saturated rings. The molecule has 0 aliphatic carbocycles. The lowest BCUT2D eigenvalue weighted by atomic mass is 10.0. The van der Waals surface area contributed by atoms with E-state index in [1.807, 2.05) is 0 Å². The molecule has 1 aromatic heterocycles. The fraction of sp³-hybridized carbons (Fsp3) is 0.429. The third-order valence-corrected chi connectivity index (χ3v) is 1.63. The topological polar surface area (TPSA) is 41.8 Å². The van der Waals surface area contributed by atoms with Crippen molar-refractivity contribution >= 4 is 0 Å². The van der Waals surface area contributed by atoms with Crippen molar-refractivity contribution in [3.63, 3.8) is 0 Å². The molecule has 1 atom stereocenters. The Morgan fingerprint density at radius 2 is 2.27 bits per heavy atom. The van der Waals surface area contributed by atoms with Gasteiger partial charge < -0.3 is 10.7 Å². The lowest BCUT2D eigenvalue weighted by Gasteiger charge is -2.21. The minimum atomic E-state index is -2.55. The Morgan fingerprint density at radius 3 is 2.64 bits per heavy atom. The standard InChI is InChI=1S/C7H10F2N2/c1-7(10,6(8)9)5-3-2-4-11-5/h2-4,6,11H,10H2,1H3. The van der Waals surface area contributed by atoms with Crippen LogP contribution < -0.4 is 5.73 Å². The van der Waals surface area contributed by atoms with Gasteiger partial charge in [0.05, 0.1) is 0 Å². The van der Waals surface area contributed by atoms with Gasteiger partial charge in [-0.3, -0.25) is 0 Å². The molecule has 0 bridgehead atoms. The maximum atomic E-state index is 12.2. The first kappa shape index (κ1) is 8.20. The molecule has 0 aliphatic heterocycles. The highest BCUT2D eigenvalue weighted by Crippen LogP contribution is 2.22. The first-order chi connectivity index (χ1) is 5.05. The second-order valence-corrected chi connectivity index (χ2v) is 2.67. The van der Waals surface area contributed by atoms with Gasteiger partial charge >= 0.3 is 0 Å². The summed E-state index contributed by atoms with van der Waals surface area (Å²) in [5.74, 6) is 0. The predicted molar refractivity (Wildman–Crippen MR) is 38.3 cm³/mol. The van der Waals surface area contributed by atoms with Gasteiger partial charge in [-0.25, -0.2) is 8.78 Å². The summed E-state index contributed by atoms with van der Waals surface area (Å²) in [6, 6.07) is 3.19. The Hall–Kier alpha value is -0.900. The van der Waals surface area contributed by atoms with Crippen LogP contribution in [-0.4, -0.2) is 11.4 Å². The number of H-pyrrole nitrogens is 1. The van der Waals surface area contributed by atoms with Crippen LogP contribution in [-0.2, 0) is 5.54 Å². The van der Waals surface area contributed by atoms with Crippen LogP contribution in [0.5, 0.6) is 0 Å². The summed E-state index contributed by atoms with van der Waals surface area (Å²) in [4.78, 5) is 2.65. The first-order valence-electron chi connectivity index (χ1n) is 3.26. The highest BCUT2D eigenvalue weighted by Gasteiger charge is 2.32. The molecule has 1 unspecified atom stereocenters. The molecule has 0 aromatic carbocycles. The third kappa shape index (κ3) is 1.40. The Labute approximate surface area is 63.4 Å². The number of hydrogen-bond donors (Lipinski definition) is 2. The summed E-state index contributed by atoms with van der Waals surface area (Å²) in [6.45, 7) is 1.30. The summed E-state index contributed by atoms with van der Waals surface area (Å²) < 4.78 is 24.5. The van der Waals surface area contributed by atoms with Crippen LogP contribution in [0.1, 0.15) is 12.6 Å². The van der Waals surface area contributed by atoms with Crippen LogP contribution in [0.4, 0.5) is 8.78 Å². The molecule has 62 valence electrons. The quantitative estimate of drug-likeness (QED) is 0.675. The van der Waals surface area contributed by atoms with Crippen molar-refractivity contribution in [3.8, 4) is 0 Å². The molecule has 3 N–H and O–H groups in total. The van der Waals surface area contributed by atoms with Crippen LogP contribution in [0, 0.1) is 0 Å². The Kier molecular flexibility index (Phi) is 1.95. The van der Waals surface area contributed by atoms with Gasteiger partial charge in [0, 0.05) is 11.9 Å².